The molecule has 0 saturated carbocycles. The largest absolute Gasteiger partial charge is 0.325 e. The van der Waals surface area contributed by atoms with E-state index in [0.29, 0.717) is 10.4 Å². The normalized spacial score (nSPS) is 9.59. The molecule has 0 spiro atoms. The number of rotatable bonds is 1. The number of nitrogens with zero attached hydrogens (tertiary/aromatic N) is 2. The van der Waals surface area contributed by atoms with Gasteiger partial charge in [0.1, 0.15) is 6.07 Å². The van der Waals surface area contributed by atoms with Crippen LogP contribution in [0, 0.1) is 17.9 Å². The lowest BCUT2D eigenvalue weighted by atomic mass is 10.1. The number of thiol groups is 1. The second-order valence-corrected chi connectivity index (χ2v) is 4.50. The molecule has 4 nitrogen and oxygen atoms in total. The van der Waals surface area contributed by atoms with Crippen LogP contribution in [0.2, 0.25) is 0 Å². The van der Waals surface area contributed by atoms with Crippen LogP contribution in [-0.2, 0) is 0 Å². The Morgan fingerprint density at radius 2 is 2.35 bits per heavy atom. The summed E-state index contributed by atoms with van der Waals surface area (Å²) in [5.41, 5.74) is 0.00170. The molecule has 0 fully saturated rings. The van der Waals surface area contributed by atoms with Crippen LogP contribution in [0.3, 0.4) is 0 Å². The monoisotopic (exact) mass is 259 g/mol. The highest BCUT2D eigenvalue weighted by atomic mass is 32.1. The topological polar surface area (TPSA) is 61.0 Å². The quantitative estimate of drug-likeness (QED) is 0.611. The first-order valence-corrected chi connectivity index (χ1v) is 5.82. The summed E-state index contributed by atoms with van der Waals surface area (Å²) in [6, 6.07) is 5.54. The van der Waals surface area contributed by atoms with Crippen LogP contribution in [0.25, 0.3) is 15.3 Å². The second kappa shape index (κ2) is 4.46. The van der Waals surface area contributed by atoms with Gasteiger partial charge in [0, 0.05) is 10.4 Å². The minimum atomic E-state index is -0.521. The molecule has 0 radical (unpaired) electrons. The van der Waals surface area contributed by atoms with Crippen molar-refractivity contribution in [2.45, 2.75) is 5.03 Å². The maximum atomic E-state index is 11.6. The van der Waals surface area contributed by atoms with Crippen molar-refractivity contribution in [3.63, 3.8) is 0 Å². The van der Waals surface area contributed by atoms with Crippen LogP contribution in [-0.4, -0.2) is 4.98 Å². The third kappa shape index (κ3) is 1.84. The Labute approximate surface area is 106 Å². The fourth-order valence-electron chi connectivity index (χ4n) is 1.46. The van der Waals surface area contributed by atoms with Gasteiger partial charge < -0.3 is 4.98 Å². The van der Waals surface area contributed by atoms with Crippen molar-refractivity contribution in [2.75, 3.05) is 0 Å². The van der Waals surface area contributed by atoms with Gasteiger partial charge in [-0.05, 0) is 11.4 Å². The summed E-state index contributed by atoms with van der Waals surface area (Å²) in [6.07, 6.45) is 0. The van der Waals surface area contributed by atoms with Gasteiger partial charge in [-0.2, -0.15) is 5.26 Å². The molecule has 2 rings (SSSR count). The van der Waals surface area contributed by atoms with Crippen molar-refractivity contribution in [1.29, 1.82) is 5.26 Å². The van der Waals surface area contributed by atoms with Crippen LogP contribution >= 0.6 is 24.0 Å². The number of thiophene rings is 1. The first kappa shape index (κ1) is 11.5. The average molecular weight is 259 g/mol. The third-order valence-electron chi connectivity index (χ3n) is 2.16. The van der Waals surface area contributed by atoms with E-state index in [2.05, 4.69) is 22.5 Å². The molecule has 0 aliphatic rings. The molecular weight excluding hydrogens is 254 g/mol. The average Bonchev–Trinajstić information content (AvgIpc) is 2.81. The summed E-state index contributed by atoms with van der Waals surface area (Å²) in [6.45, 7) is 7.05. The highest BCUT2D eigenvalue weighted by Crippen LogP contribution is 2.35. The predicted molar refractivity (Wildman–Crippen MR) is 68.6 cm³/mol. The van der Waals surface area contributed by atoms with Crippen LogP contribution in [0.5, 0.6) is 0 Å². The van der Waals surface area contributed by atoms with E-state index in [0.717, 1.165) is 0 Å². The van der Waals surface area contributed by atoms with Crippen molar-refractivity contribution in [3.8, 4) is 16.5 Å². The highest BCUT2D eigenvalue weighted by Gasteiger charge is 2.18. The smallest absolute Gasteiger partial charge is 0.260 e. The highest BCUT2D eigenvalue weighted by molar-refractivity contribution is 7.80. The second-order valence-electron chi connectivity index (χ2n) is 3.10. The Morgan fingerprint density at radius 3 is 2.88 bits per heavy atom. The summed E-state index contributed by atoms with van der Waals surface area (Å²) in [7, 11) is 0. The summed E-state index contributed by atoms with van der Waals surface area (Å²) >= 11 is 5.43. The van der Waals surface area contributed by atoms with E-state index in [9.17, 15) is 4.79 Å². The zero-order chi connectivity index (χ0) is 12.4. The van der Waals surface area contributed by atoms with E-state index in [4.69, 9.17) is 11.8 Å². The van der Waals surface area contributed by atoms with Crippen molar-refractivity contribution in [3.05, 3.63) is 44.8 Å². The van der Waals surface area contributed by atoms with Crippen molar-refractivity contribution in [1.82, 2.24) is 4.98 Å². The molecule has 0 amide bonds. The standard InChI is InChI=1S/C11H5N3OS2/c1-13-9-8(7-3-2-4-17-7)6(5-12)11(16)14-10(9)15/h2-4H,(H2,14,15,16). The number of nitriles is 1. The van der Waals surface area contributed by atoms with Gasteiger partial charge in [0.15, 0.2) is 0 Å². The van der Waals surface area contributed by atoms with E-state index >= 15 is 0 Å². The molecule has 0 bridgehead atoms. The van der Waals surface area contributed by atoms with Gasteiger partial charge in [-0.3, -0.25) is 4.79 Å². The van der Waals surface area contributed by atoms with Gasteiger partial charge in [-0.15, -0.1) is 24.0 Å². The summed E-state index contributed by atoms with van der Waals surface area (Å²) in [5.74, 6) is 0. The minimum absolute atomic E-state index is 0.0678. The Kier molecular flexibility index (Phi) is 3.01. The van der Waals surface area contributed by atoms with Crippen molar-refractivity contribution < 1.29 is 0 Å². The third-order valence-corrected chi connectivity index (χ3v) is 3.38. The molecule has 0 atom stereocenters. The molecule has 1 N–H and O–H groups in total. The molecule has 0 unspecified atom stereocenters. The van der Waals surface area contributed by atoms with Gasteiger partial charge in [-0.1, -0.05) is 6.07 Å². The maximum Gasteiger partial charge on any atom is 0.260 e. The SMILES string of the molecule is [C-]#[N+]c1c(-c2cccs2)c(C#N)c(S)[nH]c1=O. The first-order chi connectivity index (χ1) is 8.19. The minimum Gasteiger partial charge on any atom is -0.325 e. The maximum absolute atomic E-state index is 11.6. The zero-order valence-corrected chi connectivity index (χ0v) is 10.1. The number of H-pyrrole nitrogens is 1. The molecule has 6 heteroatoms. The lowest BCUT2D eigenvalue weighted by molar-refractivity contribution is 1.08. The number of aromatic nitrogens is 1. The van der Waals surface area contributed by atoms with Crippen LogP contribution in [0.4, 0.5) is 5.69 Å². The summed E-state index contributed by atoms with van der Waals surface area (Å²) in [5, 5.41) is 11.1. The van der Waals surface area contributed by atoms with Gasteiger partial charge >= 0.3 is 0 Å². The lowest BCUT2D eigenvalue weighted by Crippen LogP contribution is -2.08. The number of hydrogen-bond acceptors (Lipinski definition) is 4. The molecule has 2 aromatic heterocycles. The lowest BCUT2D eigenvalue weighted by Gasteiger charge is -2.05. The van der Waals surface area contributed by atoms with Crippen molar-refractivity contribution >= 4 is 29.7 Å². The summed E-state index contributed by atoms with van der Waals surface area (Å²) in [4.78, 5) is 17.9. The van der Waals surface area contributed by atoms with E-state index in [1.807, 2.05) is 11.4 Å². The fourth-order valence-corrected chi connectivity index (χ4v) is 2.50. The Hall–Kier alpha value is -2.02. The van der Waals surface area contributed by atoms with Gasteiger partial charge in [-0.25, -0.2) is 4.85 Å². The molecule has 17 heavy (non-hydrogen) atoms. The molecule has 82 valence electrons. The van der Waals surface area contributed by atoms with Crippen LogP contribution < -0.4 is 5.56 Å². The molecule has 0 saturated heterocycles. The number of nitrogens with one attached hydrogen (secondary N) is 1. The summed E-state index contributed by atoms with van der Waals surface area (Å²) < 4.78 is 0. The molecule has 2 aromatic rings. The molecule has 2 heterocycles. The Morgan fingerprint density at radius 1 is 1.59 bits per heavy atom. The zero-order valence-electron chi connectivity index (χ0n) is 8.39. The predicted octanol–water partition coefficient (Wildman–Crippen LogP) is 2.81. The van der Waals surface area contributed by atoms with Gasteiger partial charge in [0.2, 0.25) is 0 Å². The van der Waals surface area contributed by atoms with Crippen LogP contribution in [0.15, 0.2) is 27.3 Å². The number of aromatic amines is 1. The van der Waals surface area contributed by atoms with Crippen molar-refractivity contribution in [2.24, 2.45) is 0 Å². The van der Waals surface area contributed by atoms with E-state index in [-0.39, 0.29) is 16.3 Å². The van der Waals surface area contributed by atoms with Gasteiger partial charge in [0.05, 0.1) is 17.2 Å². The Balaban J connectivity index is 2.95. The van der Waals surface area contributed by atoms with Gasteiger partial charge in [0.25, 0.3) is 11.2 Å². The van der Waals surface area contributed by atoms with E-state index < -0.39 is 5.56 Å². The molecule has 0 aliphatic carbocycles. The van der Waals surface area contributed by atoms with E-state index in [1.54, 1.807) is 12.1 Å². The molecular formula is C11H5N3OS2. The van der Waals surface area contributed by atoms with E-state index in [1.165, 1.54) is 11.3 Å². The Bertz CT molecular complexity index is 702. The molecule has 0 aliphatic heterocycles. The van der Waals surface area contributed by atoms with Crippen LogP contribution in [0.1, 0.15) is 5.56 Å². The first-order valence-electron chi connectivity index (χ1n) is 4.49. The number of hydrogen-bond donors (Lipinski definition) is 2. The fraction of sp³-hybridized carbons (Fsp3) is 0. The number of pyridine rings is 1. The molecule has 0 aromatic carbocycles.